The van der Waals surface area contributed by atoms with Crippen molar-refractivity contribution < 1.29 is 9.53 Å². The lowest BCUT2D eigenvalue weighted by Crippen LogP contribution is -2.49. The van der Waals surface area contributed by atoms with Gasteiger partial charge < -0.3 is 15.0 Å². The zero-order valence-corrected chi connectivity index (χ0v) is 14.6. The predicted molar refractivity (Wildman–Crippen MR) is 95.0 cm³/mol. The molecule has 24 heavy (non-hydrogen) atoms. The topological polar surface area (TPSA) is 53.9 Å². The third kappa shape index (κ3) is 3.89. The highest BCUT2D eigenvalue weighted by molar-refractivity contribution is 5.82. The number of likely N-dealkylation sites (tertiary alicyclic amines) is 1. The average molecular weight is 329 g/mol. The number of hydrogen-bond acceptors (Lipinski definition) is 3. The van der Waals surface area contributed by atoms with Crippen LogP contribution in [0.3, 0.4) is 0 Å². The number of ether oxygens (including phenoxy) is 1. The second kappa shape index (κ2) is 7.69. The Morgan fingerprint density at radius 1 is 1.38 bits per heavy atom. The average Bonchev–Trinajstić information content (AvgIpc) is 3.40. The van der Waals surface area contributed by atoms with Gasteiger partial charge in [0.25, 0.3) is 0 Å². The van der Waals surface area contributed by atoms with Gasteiger partial charge in [-0.1, -0.05) is 30.3 Å². The van der Waals surface area contributed by atoms with E-state index in [0.29, 0.717) is 25.1 Å². The second-order valence-corrected chi connectivity index (χ2v) is 6.59. The summed E-state index contributed by atoms with van der Waals surface area (Å²) in [7, 11) is 1.82. The molecule has 1 saturated carbocycles. The van der Waals surface area contributed by atoms with Crippen LogP contribution in [-0.2, 0) is 9.53 Å². The van der Waals surface area contributed by atoms with Crippen LogP contribution < -0.4 is 5.32 Å². The molecule has 3 unspecified atom stereocenters. The van der Waals surface area contributed by atoms with Crippen LogP contribution in [0.2, 0.25) is 0 Å². The molecule has 0 radical (unpaired) electrons. The van der Waals surface area contributed by atoms with Crippen LogP contribution in [-0.4, -0.2) is 49.6 Å². The zero-order chi connectivity index (χ0) is 16.9. The molecule has 1 aliphatic heterocycles. The minimum atomic E-state index is -0.0776. The second-order valence-electron chi connectivity index (χ2n) is 6.59. The number of nitrogens with zero attached hydrogens (tertiary/aromatic N) is 2. The molecule has 1 aliphatic carbocycles. The van der Waals surface area contributed by atoms with E-state index in [-0.39, 0.29) is 11.9 Å². The summed E-state index contributed by atoms with van der Waals surface area (Å²) >= 11 is 0. The Bertz CT molecular complexity index is 588. The van der Waals surface area contributed by atoms with Crippen molar-refractivity contribution in [2.24, 2.45) is 10.9 Å². The maximum Gasteiger partial charge on any atom is 0.310 e. The summed E-state index contributed by atoms with van der Waals surface area (Å²) in [6.45, 7) is 3.94. The SMILES string of the molecule is CCOC(=O)C1CCCN(C(=NC)NC2CC2c2ccccc2)C1. The molecule has 0 amide bonds. The minimum absolute atomic E-state index is 0.0404. The molecule has 1 heterocycles. The van der Waals surface area contributed by atoms with Crippen LogP contribution in [0.15, 0.2) is 35.3 Å². The first-order chi connectivity index (χ1) is 11.7. The highest BCUT2D eigenvalue weighted by atomic mass is 16.5. The van der Waals surface area contributed by atoms with Crippen molar-refractivity contribution in [3.05, 3.63) is 35.9 Å². The molecule has 5 nitrogen and oxygen atoms in total. The van der Waals surface area contributed by atoms with Gasteiger partial charge in [0, 0.05) is 32.1 Å². The number of piperidine rings is 1. The lowest BCUT2D eigenvalue weighted by molar-refractivity contribution is -0.149. The van der Waals surface area contributed by atoms with E-state index in [1.165, 1.54) is 5.56 Å². The van der Waals surface area contributed by atoms with Crippen LogP contribution in [0.1, 0.15) is 37.7 Å². The van der Waals surface area contributed by atoms with E-state index in [9.17, 15) is 4.79 Å². The zero-order valence-electron chi connectivity index (χ0n) is 14.6. The molecule has 5 heteroatoms. The summed E-state index contributed by atoms with van der Waals surface area (Å²) in [4.78, 5) is 18.7. The summed E-state index contributed by atoms with van der Waals surface area (Å²) in [5.41, 5.74) is 1.38. The summed E-state index contributed by atoms with van der Waals surface area (Å²) in [6, 6.07) is 11.0. The molecule has 1 aromatic rings. The van der Waals surface area contributed by atoms with Gasteiger partial charge in [-0.15, -0.1) is 0 Å². The van der Waals surface area contributed by atoms with Gasteiger partial charge in [0.2, 0.25) is 0 Å². The number of esters is 1. The molecule has 130 valence electrons. The minimum Gasteiger partial charge on any atom is -0.466 e. The molecular weight excluding hydrogens is 302 g/mol. The van der Waals surface area contributed by atoms with Crippen molar-refractivity contribution in [1.29, 1.82) is 0 Å². The number of aliphatic imine (C=N–C) groups is 1. The third-order valence-electron chi connectivity index (χ3n) is 4.89. The van der Waals surface area contributed by atoms with Crippen molar-refractivity contribution >= 4 is 11.9 Å². The Morgan fingerprint density at radius 3 is 2.88 bits per heavy atom. The first kappa shape index (κ1) is 16.8. The Morgan fingerprint density at radius 2 is 2.17 bits per heavy atom. The van der Waals surface area contributed by atoms with Crippen molar-refractivity contribution in [3.63, 3.8) is 0 Å². The fourth-order valence-electron chi connectivity index (χ4n) is 3.51. The smallest absolute Gasteiger partial charge is 0.310 e. The van der Waals surface area contributed by atoms with Gasteiger partial charge in [0.05, 0.1) is 12.5 Å². The molecule has 2 fully saturated rings. The van der Waals surface area contributed by atoms with Crippen LogP contribution in [0.4, 0.5) is 0 Å². The molecule has 3 atom stereocenters. The van der Waals surface area contributed by atoms with Crippen LogP contribution in [0.25, 0.3) is 0 Å². The first-order valence-corrected chi connectivity index (χ1v) is 8.92. The van der Waals surface area contributed by atoms with Gasteiger partial charge >= 0.3 is 5.97 Å². The van der Waals surface area contributed by atoms with E-state index in [4.69, 9.17) is 4.74 Å². The van der Waals surface area contributed by atoms with E-state index in [1.807, 2.05) is 14.0 Å². The monoisotopic (exact) mass is 329 g/mol. The molecular formula is C19H27N3O2. The van der Waals surface area contributed by atoms with Crippen molar-refractivity contribution in [2.45, 2.75) is 38.1 Å². The molecule has 1 aromatic carbocycles. The van der Waals surface area contributed by atoms with Gasteiger partial charge in [-0.2, -0.15) is 0 Å². The summed E-state index contributed by atoms with van der Waals surface area (Å²) in [6.07, 6.45) is 3.04. The van der Waals surface area contributed by atoms with E-state index >= 15 is 0 Å². The van der Waals surface area contributed by atoms with Crippen molar-refractivity contribution in [3.8, 4) is 0 Å². The number of carbonyl (C=O) groups is 1. The number of nitrogens with one attached hydrogen (secondary N) is 1. The quantitative estimate of drug-likeness (QED) is 0.523. The highest BCUT2D eigenvalue weighted by Gasteiger charge is 2.40. The fourth-order valence-corrected chi connectivity index (χ4v) is 3.51. The summed E-state index contributed by atoms with van der Waals surface area (Å²) in [5, 5.41) is 3.57. The van der Waals surface area contributed by atoms with Gasteiger partial charge in [0.15, 0.2) is 5.96 Å². The van der Waals surface area contributed by atoms with E-state index in [0.717, 1.165) is 31.8 Å². The fraction of sp³-hybridized carbons (Fsp3) is 0.579. The lowest BCUT2D eigenvalue weighted by Gasteiger charge is -2.34. The summed E-state index contributed by atoms with van der Waals surface area (Å²) in [5.74, 6) is 1.36. The Balaban J connectivity index is 1.56. The normalized spacial score (nSPS) is 26.8. The highest BCUT2D eigenvalue weighted by Crippen LogP contribution is 2.40. The molecule has 0 aromatic heterocycles. The maximum absolute atomic E-state index is 12.0. The van der Waals surface area contributed by atoms with Crippen LogP contribution in [0, 0.1) is 5.92 Å². The molecule has 0 bridgehead atoms. The Kier molecular flexibility index (Phi) is 5.38. The molecule has 0 spiro atoms. The molecule has 3 rings (SSSR count). The number of guanidine groups is 1. The van der Waals surface area contributed by atoms with Gasteiger partial charge in [-0.25, -0.2) is 0 Å². The summed E-state index contributed by atoms with van der Waals surface area (Å²) < 4.78 is 5.19. The number of hydrogen-bond donors (Lipinski definition) is 1. The van der Waals surface area contributed by atoms with Gasteiger partial charge in [-0.05, 0) is 31.7 Å². The van der Waals surface area contributed by atoms with E-state index in [1.54, 1.807) is 0 Å². The Labute approximate surface area is 144 Å². The van der Waals surface area contributed by atoms with E-state index in [2.05, 4.69) is 45.5 Å². The maximum atomic E-state index is 12.0. The van der Waals surface area contributed by atoms with Crippen molar-refractivity contribution in [2.75, 3.05) is 26.7 Å². The van der Waals surface area contributed by atoms with Gasteiger partial charge in [0.1, 0.15) is 0 Å². The van der Waals surface area contributed by atoms with Gasteiger partial charge in [-0.3, -0.25) is 9.79 Å². The van der Waals surface area contributed by atoms with E-state index < -0.39 is 0 Å². The number of benzene rings is 1. The molecule has 2 aliphatic rings. The van der Waals surface area contributed by atoms with Crippen LogP contribution in [0.5, 0.6) is 0 Å². The van der Waals surface area contributed by atoms with Crippen molar-refractivity contribution in [1.82, 2.24) is 10.2 Å². The standard InChI is InChI=1S/C19H27N3O2/c1-3-24-18(23)15-10-7-11-22(13-15)19(20-2)21-17-12-16(17)14-8-5-4-6-9-14/h4-6,8-9,15-17H,3,7,10-13H2,1-2H3,(H,20,21). The first-order valence-electron chi connectivity index (χ1n) is 8.92. The number of rotatable bonds is 4. The molecule has 1 saturated heterocycles. The largest absolute Gasteiger partial charge is 0.466 e. The third-order valence-corrected chi connectivity index (χ3v) is 4.89. The predicted octanol–water partition coefficient (Wildman–Crippen LogP) is 2.39. The Hall–Kier alpha value is -2.04. The van der Waals surface area contributed by atoms with Crippen LogP contribution >= 0.6 is 0 Å². The molecule has 1 N–H and O–H groups in total. The lowest BCUT2D eigenvalue weighted by atomic mass is 9.98. The number of carbonyl (C=O) groups excluding carboxylic acids is 1.